The van der Waals surface area contributed by atoms with Crippen molar-refractivity contribution in [3.63, 3.8) is 0 Å². The van der Waals surface area contributed by atoms with Gasteiger partial charge in [0.25, 0.3) is 0 Å². The van der Waals surface area contributed by atoms with E-state index >= 15 is 0 Å². The fourth-order valence-corrected chi connectivity index (χ4v) is 3.15. The molecule has 0 saturated carbocycles. The highest BCUT2D eigenvalue weighted by molar-refractivity contribution is 7.89. The molecule has 6 nitrogen and oxygen atoms in total. The van der Waals surface area contributed by atoms with Crippen molar-refractivity contribution in [1.82, 2.24) is 19.6 Å². The zero-order chi connectivity index (χ0) is 15.3. The number of nitrogens with zero attached hydrogens (tertiary/aromatic N) is 2. The molecule has 0 bridgehead atoms. The quantitative estimate of drug-likeness (QED) is 0.788. The maximum atomic E-state index is 12.2. The number of rotatable bonds is 7. The van der Waals surface area contributed by atoms with Gasteiger partial charge in [0, 0.05) is 50.3 Å². The van der Waals surface area contributed by atoms with E-state index in [-0.39, 0.29) is 4.90 Å². The number of sulfonamides is 1. The van der Waals surface area contributed by atoms with E-state index < -0.39 is 10.0 Å². The molecule has 0 aliphatic heterocycles. The summed E-state index contributed by atoms with van der Waals surface area (Å²) in [7, 11) is 0.182. The Morgan fingerprint density at radius 2 is 2.14 bits per heavy atom. The van der Waals surface area contributed by atoms with Gasteiger partial charge in [0.15, 0.2) is 0 Å². The van der Waals surface area contributed by atoms with Crippen LogP contribution in [0.4, 0.5) is 0 Å². The molecule has 2 rings (SSSR count). The third kappa shape index (κ3) is 4.13. The molecule has 114 valence electrons. The molecule has 0 saturated heterocycles. The second-order valence-electron chi connectivity index (χ2n) is 4.78. The van der Waals surface area contributed by atoms with Gasteiger partial charge in [-0.3, -0.25) is 4.98 Å². The second-order valence-corrected chi connectivity index (χ2v) is 6.54. The van der Waals surface area contributed by atoms with Crippen LogP contribution >= 0.6 is 0 Å². The van der Waals surface area contributed by atoms with Crippen LogP contribution < -0.4 is 10.0 Å². The molecule has 0 aliphatic carbocycles. The summed E-state index contributed by atoms with van der Waals surface area (Å²) in [6.45, 7) is 0.954. The SMILES string of the molecule is CNCc1cc(S(=O)(=O)NCCc2ccccn2)cn1C. The molecule has 0 aliphatic rings. The lowest BCUT2D eigenvalue weighted by molar-refractivity contribution is 0.581. The van der Waals surface area contributed by atoms with Crippen LogP contribution in [0.15, 0.2) is 41.6 Å². The second kappa shape index (κ2) is 6.84. The predicted octanol–water partition coefficient (Wildman–Crippen LogP) is 0.660. The van der Waals surface area contributed by atoms with Crippen molar-refractivity contribution in [3.05, 3.63) is 48.0 Å². The predicted molar refractivity (Wildman–Crippen MR) is 81.3 cm³/mol. The van der Waals surface area contributed by atoms with Crippen LogP contribution in [0.5, 0.6) is 0 Å². The number of nitrogens with one attached hydrogen (secondary N) is 2. The van der Waals surface area contributed by atoms with Gasteiger partial charge in [-0.25, -0.2) is 13.1 Å². The Balaban J connectivity index is 2.00. The molecule has 0 spiro atoms. The molecule has 0 fully saturated rings. The van der Waals surface area contributed by atoms with E-state index in [9.17, 15) is 8.42 Å². The standard InChI is InChI=1S/C14H20N4O2S/c1-15-10-13-9-14(11-18(13)2)21(19,20)17-8-6-12-5-3-4-7-16-12/h3-5,7,9,11,15,17H,6,8,10H2,1-2H3. The molecule has 0 aromatic carbocycles. The minimum Gasteiger partial charge on any atom is -0.352 e. The molecular formula is C14H20N4O2S. The third-order valence-electron chi connectivity index (χ3n) is 3.15. The summed E-state index contributed by atoms with van der Waals surface area (Å²) in [6.07, 6.45) is 3.89. The summed E-state index contributed by atoms with van der Waals surface area (Å²) in [6, 6.07) is 7.28. The Labute approximate surface area is 125 Å². The Kier molecular flexibility index (Phi) is 5.11. The first kappa shape index (κ1) is 15.7. The number of pyridine rings is 1. The third-order valence-corrected chi connectivity index (χ3v) is 4.58. The van der Waals surface area contributed by atoms with Crippen LogP contribution in [0, 0.1) is 0 Å². The Hall–Kier alpha value is -1.70. The van der Waals surface area contributed by atoms with E-state index in [1.54, 1.807) is 18.5 Å². The number of aromatic nitrogens is 2. The zero-order valence-corrected chi connectivity index (χ0v) is 13.0. The van der Waals surface area contributed by atoms with Gasteiger partial charge in [-0.05, 0) is 25.2 Å². The van der Waals surface area contributed by atoms with Gasteiger partial charge in [0.2, 0.25) is 10.0 Å². The van der Waals surface area contributed by atoms with Crippen LogP contribution in [0.3, 0.4) is 0 Å². The molecule has 0 atom stereocenters. The highest BCUT2D eigenvalue weighted by Gasteiger charge is 2.16. The van der Waals surface area contributed by atoms with Crippen molar-refractivity contribution >= 4 is 10.0 Å². The van der Waals surface area contributed by atoms with Gasteiger partial charge < -0.3 is 9.88 Å². The van der Waals surface area contributed by atoms with Crippen LogP contribution in [-0.2, 0) is 30.0 Å². The van der Waals surface area contributed by atoms with Crippen molar-refractivity contribution in [3.8, 4) is 0 Å². The first-order valence-electron chi connectivity index (χ1n) is 6.72. The topological polar surface area (TPSA) is 76.0 Å². The summed E-state index contributed by atoms with van der Waals surface area (Å²) in [4.78, 5) is 4.45. The van der Waals surface area contributed by atoms with Gasteiger partial charge in [-0.1, -0.05) is 6.07 Å². The molecule has 0 unspecified atom stereocenters. The summed E-state index contributed by atoms with van der Waals surface area (Å²) >= 11 is 0. The minimum atomic E-state index is -3.48. The molecule has 7 heteroatoms. The van der Waals surface area contributed by atoms with E-state index in [4.69, 9.17) is 0 Å². The van der Waals surface area contributed by atoms with E-state index in [0.717, 1.165) is 11.4 Å². The van der Waals surface area contributed by atoms with Crippen molar-refractivity contribution in [2.24, 2.45) is 7.05 Å². The molecular weight excluding hydrogens is 288 g/mol. The Morgan fingerprint density at radius 3 is 2.81 bits per heavy atom. The number of hydrogen-bond acceptors (Lipinski definition) is 4. The van der Waals surface area contributed by atoms with E-state index in [0.29, 0.717) is 19.5 Å². The molecule has 0 amide bonds. The largest absolute Gasteiger partial charge is 0.352 e. The molecule has 2 aromatic heterocycles. The molecule has 2 aromatic rings. The first-order chi connectivity index (χ1) is 10.0. The van der Waals surface area contributed by atoms with E-state index in [2.05, 4.69) is 15.0 Å². The van der Waals surface area contributed by atoms with Crippen molar-refractivity contribution in [2.45, 2.75) is 17.9 Å². The highest BCUT2D eigenvalue weighted by atomic mass is 32.2. The average Bonchev–Trinajstić information content (AvgIpc) is 2.83. The summed E-state index contributed by atoms with van der Waals surface area (Å²) in [5.74, 6) is 0. The lowest BCUT2D eigenvalue weighted by Gasteiger charge is -2.04. The van der Waals surface area contributed by atoms with Crippen molar-refractivity contribution < 1.29 is 8.42 Å². The summed E-state index contributed by atoms with van der Waals surface area (Å²) in [5, 5.41) is 3.01. The maximum absolute atomic E-state index is 12.2. The van der Waals surface area contributed by atoms with Gasteiger partial charge in [-0.2, -0.15) is 0 Å². The summed E-state index contributed by atoms with van der Waals surface area (Å²) in [5.41, 5.74) is 1.78. The average molecular weight is 308 g/mol. The van der Waals surface area contributed by atoms with Gasteiger partial charge >= 0.3 is 0 Å². The minimum absolute atomic E-state index is 0.288. The summed E-state index contributed by atoms with van der Waals surface area (Å²) < 4.78 is 28.9. The lowest BCUT2D eigenvalue weighted by Crippen LogP contribution is -2.25. The monoisotopic (exact) mass is 308 g/mol. The lowest BCUT2D eigenvalue weighted by atomic mass is 10.3. The molecule has 2 heterocycles. The van der Waals surface area contributed by atoms with E-state index in [1.165, 1.54) is 0 Å². The zero-order valence-electron chi connectivity index (χ0n) is 12.2. The molecule has 21 heavy (non-hydrogen) atoms. The van der Waals surface area contributed by atoms with Crippen molar-refractivity contribution in [1.29, 1.82) is 0 Å². The number of hydrogen-bond donors (Lipinski definition) is 2. The Bertz CT molecular complexity index is 680. The van der Waals surface area contributed by atoms with Gasteiger partial charge in [-0.15, -0.1) is 0 Å². The molecule has 2 N–H and O–H groups in total. The van der Waals surface area contributed by atoms with Crippen LogP contribution in [-0.4, -0.2) is 31.6 Å². The van der Waals surface area contributed by atoms with Crippen LogP contribution in [0.25, 0.3) is 0 Å². The fraction of sp³-hybridized carbons (Fsp3) is 0.357. The smallest absolute Gasteiger partial charge is 0.242 e. The van der Waals surface area contributed by atoms with E-state index in [1.807, 2.05) is 36.9 Å². The fourth-order valence-electron chi connectivity index (χ4n) is 2.02. The Morgan fingerprint density at radius 1 is 1.33 bits per heavy atom. The van der Waals surface area contributed by atoms with Crippen LogP contribution in [0.1, 0.15) is 11.4 Å². The first-order valence-corrected chi connectivity index (χ1v) is 8.20. The van der Waals surface area contributed by atoms with Gasteiger partial charge in [0.05, 0.1) is 4.90 Å². The van der Waals surface area contributed by atoms with Crippen molar-refractivity contribution in [2.75, 3.05) is 13.6 Å². The van der Waals surface area contributed by atoms with Gasteiger partial charge in [0.1, 0.15) is 0 Å². The normalized spacial score (nSPS) is 11.7. The number of aryl methyl sites for hydroxylation is 1. The highest BCUT2D eigenvalue weighted by Crippen LogP contribution is 2.13. The van der Waals surface area contributed by atoms with Crippen LogP contribution in [0.2, 0.25) is 0 Å². The molecule has 0 radical (unpaired) electrons. The maximum Gasteiger partial charge on any atom is 0.242 e.